The number of carboxylic acids is 1. The fourth-order valence-corrected chi connectivity index (χ4v) is 2.52. The van der Waals surface area contributed by atoms with E-state index in [0.29, 0.717) is 6.42 Å². The summed E-state index contributed by atoms with van der Waals surface area (Å²) in [5, 5.41) is 9.29. The van der Waals surface area contributed by atoms with Gasteiger partial charge in [0, 0.05) is 20.1 Å². The van der Waals surface area contributed by atoms with Crippen molar-refractivity contribution in [3.05, 3.63) is 71.8 Å². The highest BCUT2D eigenvalue weighted by atomic mass is 16.5. The fourth-order valence-electron chi connectivity index (χ4n) is 2.52. The lowest BCUT2D eigenvalue weighted by Crippen LogP contribution is -2.29. The predicted molar refractivity (Wildman–Crippen MR) is 93.0 cm³/mol. The van der Waals surface area contributed by atoms with Crippen molar-refractivity contribution in [1.82, 2.24) is 0 Å². The van der Waals surface area contributed by atoms with Crippen molar-refractivity contribution in [2.75, 3.05) is 13.7 Å². The van der Waals surface area contributed by atoms with Crippen LogP contribution < -0.4 is 0 Å². The zero-order chi connectivity index (χ0) is 18.1. The molecule has 0 bridgehead atoms. The second kappa shape index (κ2) is 9.59. The first-order chi connectivity index (χ1) is 12.1. The largest absolute Gasteiger partial charge is 0.481 e. The lowest BCUT2D eigenvalue weighted by atomic mass is 10.0. The molecule has 2 aromatic carbocycles. The standard InChI is InChI=1S/C20H22O5/c1-24-13-12-17(19(21)22)20(23)25-18(16-10-6-3-7-11-16)14-15-8-4-2-5-9-15/h2-11,17-18H,12-14H2,1H3,(H,21,22). The number of esters is 1. The molecule has 5 nitrogen and oxygen atoms in total. The van der Waals surface area contributed by atoms with Crippen molar-refractivity contribution in [2.24, 2.45) is 5.92 Å². The first-order valence-electron chi connectivity index (χ1n) is 8.13. The molecule has 2 aromatic rings. The van der Waals surface area contributed by atoms with Gasteiger partial charge in [0.15, 0.2) is 5.92 Å². The minimum absolute atomic E-state index is 0.0809. The molecular weight excluding hydrogens is 320 g/mol. The third kappa shape index (κ3) is 5.72. The van der Waals surface area contributed by atoms with E-state index in [9.17, 15) is 14.7 Å². The molecule has 5 heteroatoms. The van der Waals surface area contributed by atoms with Crippen LogP contribution in [0, 0.1) is 5.92 Å². The summed E-state index contributed by atoms with van der Waals surface area (Å²) in [6.07, 6.45) is 0.0190. The van der Waals surface area contributed by atoms with Crippen LogP contribution in [0.25, 0.3) is 0 Å². The van der Waals surface area contributed by atoms with Crippen LogP contribution in [0.3, 0.4) is 0 Å². The average molecular weight is 342 g/mol. The van der Waals surface area contributed by atoms with E-state index in [1.807, 2.05) is 60.7 Å². The summed E-state index contributed by atoms with van der Waals surface area (Å²) < 4.78 is 10.5. The van der Waals surface area contributed by atoms with Crippen molar-refractivity contribution < 1.29 is 24.2 Å². The SMILES string of the molecule is COCCC(C(=O)O)C(=O)OC(Cc1ccccc1)c1ccccc1. The molecule has 0 aliphatic rings. The van der Waals surface area contributed by atoms with E-state index in [1.165, 1.54) is 7.11 Å². The first kappa shape index (κ1) is 18.7. The Bertz CT molecular complexity index is 669. The Labute approximate surface area is 147 Å². The number of carbonyl (C=O) groups is 2. The maximum atomic E-state index is 12.4. The number of carbonyl (C=O) groups excluding carboxylic acids is 1. The second-order valence-corrected chi connectivity index (χ2v) is 5.70. The second-order valence-electron chi connectivity index (χ2n) is 5.70. The van der Waals surface area contributed by atoms with E-state index in [4.69, 9.17) is 9.47 Å². The molecule has 0 spiro atoms. The molecule has 0 aliphatic carbocycles. The third-order valence-corrected chi connectivity index (χ3v) is 3.89. The van der Waals surface area contributed by atoms with Gasteiger partial charge in [0.2, 0.25) is 0 Å². The van der Waals surface area contributed by atoms with Gasteiger partial charge in [-0.1, -0.05) is 60.7 Å². The predicted octanol–water partition coefficient (Wildman–Crippen LogP) is 3.25. The molecule has 0 heterocycles. The summed E-state index contributed by atoms with van der Waals surface area (Å²) >= 11 is 0. The Balaban J connectivity index is 2.17. The number of hydrogen-bond donors (Lipinski definition) is 1. The topological polar surface area (TPSA) is 72.8 Å². The highest BCUT2D eigenvalue weighted by Crippen LogP contribution is 2.24. The maximum absolute atomic E-state index is 12.4. The van der Waals surface area contributed by atoms with E-state index in [-0.39, 0.29) is 13.0 Å². The molecule has 2 unspecified atom stereocenters. The summed E-state index contributed by atoms with van der Waals surface area (Å²) in [6, 6.07) is 19.0. The molecule has 25 heavy (non-hydrogen) atoms. The minimum atomic E-state index is -1.23. The summed E-state index contributed by atoms with van der Waals surface area (Å²) in [4.78, 5) is 23.8. The Morgan fingerprint density at radius 3 is 2.16 bits per heavy atom. The summed E-state index contributed by atoms with van der Waals surface area (Å²) in [5.41, 5.74) is 1.84. The van der Waals surface area contributed by atoms with Crippen molar-refractivity contribution in [2.45, 2.75) is 18.9 Å². The Kier molecular flexibility index (Phi) is 7.16. The van der Waals surface area contributed by atoms with Gasteiger partial charge in [-0.2, -0.15) is 0 Å². The van der Waals surface area contributed by atoms with Gasteiger partial charge in [0.1, 0.15) is 6.10 Å². The van der Waals surface area contributed by atoms with Crippen molar-refractivity contribution in [3.8, 4) is 0 Å². The normalized spacial score (nSPS) is 13.0. The monoisotopic (exact) mass is 342 g/mol. The highest BCUT2D eigenvalue weighted by Gasteiger charge is 2.30. The smallest absolute Gasteiger partial charge is 0.321 e. The van der Waals surface area contributed by atoms with Gasteiger partial charge in [-0.05, 0) is 17.5 Å². The number of rotatable bonds is 9. The van der Waals surface area contributed by atoms with Crippen LogP contribution in [0.4, 0.5) is 0 Å². The van der Waals surface area contributed by atoms with Crippen LogP contribution >= 0.6 is 0 Å². The molecule has 0 aromatic heterocycles. The maximum Gasteiger partial charge on any atom is 0.321 e. The lowest BCUT2D eigenvalue weighted by molar-refractivity contribution is -0.163. The van der Waals surface area contributed by atoms with Crippen LogP contribution in [-0.4, -0.2) is 30.8 Å². The molecule has 0 aliphatic heterocycles. The summed E-state index contributed by atoms with van der Waals surface area (Å²) in [6.45, 7) is 0.181. The Morgan fingerprint density at radius 2 is 1.60 bits per heavy atom. The van der Waals surface area contributed by atoms with Crippen molar-refractivity contribution in [3.63, 3.8) is 0 Å². The van der Waals surface area contributed by atoms with Crippen molar-refractivity contribution in [1.29, 1.82) is 0 Å². The van der Waals surface area contributed by atoms with E-state index in [2.05, 4.69) is 0 Å². The summed E-state index contributed by atoms with van der Waals surface area (Å²) in [5.74, 6) is -3.18. The van der Waals surface area contributed by atoms with Gasteiger partial charge in [0.05, 0.1) is 0 Å². The van der Waals surface area contributed by atoms with E-state index in [1.54, 1.807) is 0 Å². The lowest BCUT2D eigenvalue weighted by Gasteiger charge is -2.21. The van der Waals surface area contributed by atoms with Crippen LogP contribution in [0.15, 0.2) is 60.7 Å². The molecule has 2 atom stereocenters. The Hall–Kier alpha value is -2.66. The number of ether oxygens (including phenoxy) is 2. The summed E-state index contributed by atoms with van der Waals surface area (Å²) in [7, 11) is 1.46. The number of benzene rings is 2. The first-order valence-corrected chi connectivity index (χ1v) is 8.13. The van der Waals surface area contributed by atoms with Crippen molar-refractivity contribution >= 4 is 11.9 Å². The minimum Gasteiger partial charge on any atom is -0.481 e. The van der Waals surface area contributed by atoms with E-state index >= 15 is 0 Å². The van der Waals surface area contributed by atoms with Gasteiger partial charge < -0.3 is 14.6 Å². The van der Waals surface area contributed by atoms with Gasteiger partial charge in [-0.15, -0.1) is 0 Å². The van der Waals surface area contributed by atoms with Gasteiger partial charge >= 0.3 is 11.9 Å². The third-order valence-electron chi connectivity index (χ3n) is 3.89. The molecule has 0 radical (unpaired) electrons. The van der Waals surface area contributed by atoms with Gasteiger partial charge in [-0.25, -0.2) is 0 Å². The number of methoxy groups -OCH3 is 1. The molecule has 132 valence electrons. The van der Waals surface area contributed by atoms with Crippen LogP contribution in [0.1, 0.15) is 23.7 Å². The molecule has 1 N–H and O–H groups in total. The number of carboxylic acid groups (broad SMARTS) is 1. The van der Waals surface area contributed by atoms with Crippen LogP contribution in [0.5, 0.6) is 0 Å². The van der Waals surface area contributed by atoms with E-state index < -0.39 is 24.0 Å². The number of aliphatic carboxylic acids is 1. The van der Waals surface area contributed by atoms with Gasteiger partial charge in [0.25, 0.3) is 0 Å². The van der Waals surface area contributed by atoms with Crippen LogP contribution in [0.2, 0.25) is 0 Å². The highest BCUT2D eigenvalue weighted by molar-refractivity contribution is 5.94. The van der Waals surface area contributed by atoms with Crippen LogP contribution in [-0.2, 0) is 25.5 Å². The molecular formula is C20H22O5. The molecule has 0 saturated heterocycles. The molecule has 0 fully saturated rings. The zero-order valence-electron chi connectivity index (χ0n) is 14.1. The quantitative estimate of drug-likeness (QED) is 0.559. The zero-order valence-corrected chi connectivity index (χ0v) is 14.1. The molecule has 2 rings (SSSR count). The average Bonchev–Trinajstić information content (AvgIpc) is 2.63. The molecule has 0 saturated carbocycles. The number of hydrogen-bond acceptors (Lipinski definition) is 4. The fraction of sp³-hybridized carbons (Fsp3) is 0.300. The van der Waals surface area contributed by atoms with E-state index in [0.717, 1.165) is 11.1 Å². The Morgan fingerprint density at radius 1 is 1.00 bits per heavy atom. The molecule has 0 amide bonds. The van der Waals surface area contributed by atoms with Gasteiger partial charge in [-0.3, -0.25) is 9.59 Å².